The first-order valence-electron chi connectivity index (χ1n) is 13.0. The van der Waals surface area contributed by atoms with Crippen molar-refractivity contribution in [3.63, 3.8) is 0 Å². The van der Waals surface area contributed by atoms with Crippen LogP contribution in [0.5, 0.6) is 11.6 Å². The summed E-state index contributed by atoms with van der Waals surface area (Å²) in [5.41, 5.74) is 3.45. The first kappa shape index (κ1) is 26.9. The molecule has 4 heterocycles. The van der Waals surface area contributed by atoms with Crippen LogP contribution in [-0.2, 0) is 4.79 Å². The number of nitrogens with one attached hydrogen (secondary N) is 1. The van der Waals surface area contributed by atoms with Gasteiger partial charge in [0.2, 0.25) is 11.8 Å². The van der Waals surface area contributed by atoms with E-state index in [1.165, 1.54) is 13.4 Å². The molecule has 5 rings (SSSR count). The van der Waals surface area contributed by atoms with Crippen molar-refractivity contribution in [3.8, 4) is 22.9 Å². The first-order chi connectivity index (χ1) is 19.3. The maximum absolute atomic E-state index is 13.1. The van der Waals surface area contributed by atoms with E-state index in [2.05, 4.69) is 25.2 Å². The summed E-state index contributed by atoms with van der Waals surface area (Å²) in [5, 5.41) is 3.22. The third-order valence-electron chi connectivity index (χ3n) is 6.81. The molecule has 40 heavy (non-hydrogen) atoms. The van der Waals surface area contributed by atoms with Crippen LogP contribution >= 0.6 is 0 Å². The Morgan fingerprint density at radius 3 is 2.48 bits per heavy atom. The van der Waals surface area contributed by atoms with Crippen LogP contribution in [0, 0.1) is 6.92 Å². The van der Waals surface area contributed by atoms with Gasteiger partial charge in [-0.15, -0.1) is 0 Å². The molecule has 11 heteroatoms. The quantitative estimate of drug-likeness (QED) is 0.276. The fourth-order valence-corrected chi connectivity index (χ4v) is 4.44. The van der Waals surface area contributed by atoms with Crippen molar-refractivity contribution in [1.82, 2.24) is 29.7 Å². The minimum Gasteiger partial charge on any atom is -0.480 e. The molecule has 1 aliphatic rings. The molecule has 206 valence electrons. The maximum Gasteiger partial charge on any atom is 0.349 e. The van der Waals surface area contributed by atoms with Crippen molar-refractivity contribution in [2.24, 2.45) is 0 Å². The molecule has 1 amide bonds. The van der Waals surface area contributed by atoms with Gasteiger partial charge >= 0.3 is 5.97 Å². The lowest BCUT2D eigenvalue weighted by Gasteiger charge is -2.34. The number of carbonyl (C=O) groups is 2. The number of anilines is 1. The molecule has 3 aromatic heterocycles. The number of amides is 1. The fraction of sp³-hybridized carbons (Fsp3) is 0.310. The number of carbonyl (C=O) groups excluding carboxylic acids is 2. The summed E-state index contributed by atoms with van der Waals surface area (Å²) in [6.07, 6.45) is 3.01. The Morgan fingerprint density at radius 2 is 1.75 bits per heavy atom. The highest BCUT2D eigenvalue weighted by Gasteiger charge is 2.25. The van der Waals surface area contributed by atoms with Gasteiger partial charge in [-0.05, 0) is 51.2 Å². The normalized spacial score (nSPS) is 14.6. The monoisotopic (exact) mass is 541 g/mol. The molecular weight excluding hydrogens is 510 g/mol. The predicted octanol–water partition coefficient (Wildman–Crippen LogP) is 3.20. The van der Waals surface area contributed by atoms with Gasteiger partial charge in [0, 0.05) is 37.9 Å². The summed E-state index contributed by atoms with van der Waals surface area (Å²) in [7, 11) is 3.49. The van der Waals surface area contributed by atoms with E-state index in [0.29, 0.717) is 46.9 Å². The first-order valence-corrected chi connectivity index (χ1v) is 13.0. The molecule has 0 unspecified atom stereocenters. The lowest BCUT2D eigenvalue weighted by molar-refractivity contribution is -0.133. The number of methoxy groups -OCH3 is 1. The number of hydrogen-bond acceptors (Lipinski definition) is 10. The molecule has 0 spiro atoms. The molecule has 0 saturated carbocycles. The molecule has 1 aliphatic heterocycles. The Bertz CT molecular complexity index is 1540. The highest BCUT2D eigenvalue weighted by atomic mass is 16.5. The summed E-state index contributed by atoms with van der Waals surface area (Å²) in [6, 6.07) is 11.9. The second kappa shape index (κ2) is 11.6. The van der Waals surface area contributed by atoms with E-state index in [-0.39, 0.29) is 17.4 Å². The molecule has 1 atom stereocenters. The smallest absolute Gasteiger partial charge is 0.349 e. The highest BCUT2D eigenvalue weighted by molar-refractivity contribution is 5.95. The van der Waals surface area contributed by atoms with E-state index in [0.717, 1.165) is 18.7 Å². The van der Waals surface area contributed by atoms with E-state index in [1.54, 1.807) is 30.5 Å². The minimum atomic E-state index is -0.599. The van der Waals surface area contributed by atoms with Crippen LogP contribution in [0.15, 0.2) is 55.0 Å². The maximum atomic E-state index is 13.1. The van der Waals surface area contributed by atoms with Gasteiger partial charge in [0.1, 0.15) is 29.2 Å². The van der Waals surface area contributed by atoms with Crippen LogP contribution in [0.25, 0.3) is 22.3 Å². The molecule has 1 fully saturated rings. The van der Waals surface area contributed by atoms with Gasteiger partial charge in [-0.25, -0.2) is 24.7 Å². The Labute approximate surface area is 232 Å². The summed E-state index contributed by atoms with van der Waals surface area (Å²) in [5.74, 6) is 0.413. The van der Waals surface area contributed by atoms with Crippen LogP contribution in [-0.4, -0.2) is 88.0 Å². The second-order valence-corrected chi connectivity index (χ2v) is 9.76. The molecule has 11 nitrogen and oxygen atoms in total. The number of fused-ring (bicyclic) bond motifs is 1. The van der Waals surface area contributed by atoms with Gasteiger partial charge < -0.3 is 24.6 Å². The van der Waals surface area contributed by atoms with E-state index >= 15 is 0 Å². The van der Waals surface area contributed by atoms with Crippen molar-refractivity contribution >= 4 is 28.7 Å². The van der Waals surface area contributed by atoms with Gasteiger partial charge in [0.15, 0.2) is 5.82 Å². The van der Waals surface area contributed by atoms with Crippen molar-refractivity contribution in [3.05, 3.63) is 66.1 Å². The van der Waals surface area contributed by atoms with Gasteiger partial charge in [-0.2, -0.15) is 0 Å². The second-order valence-electron chi connectivity index (χ2n) is 9.76. The minimum absolute atomic E-state index is 0.00658. The number of aryl methyl sites for hydroxylation is 1. The van der Waals surface area contributed by atoms with Crippen LogP contribution in [0.3, 0.4) is 0 Å². The molecule has 1 N–H and O–H groups in total. The van der Waals surface area contributed by atoms with Gasteiger partial charge in [-0.1, -0.05) is 17.7 Å². The molecule has 0 radical (unpaired) electrons. The Hall–Kier alpha value is -4.64. The van der Waals surface area contributed by atoms with E-state index in [4.69, 9.17) is 14.5 Å². The summed E-state index contributed by atoms with van der Waals surface area (Å²) < 4.78 is 10.9. The summed E-state index contributed by atoms with van der Waals surface area (Å²) >= 11 is 0. The zero-order valence-electron chi connectivity index (χ0n) is 22.9. The molecule has 0 bridgehead atoms. The molecule has 4 aromatic rings. The summed E-state index contributed by atoms with van der Waals surface area (Å²) in [4.78, 5) is 48.0. The van der Waals surface area contributed by atoms with Gasteiger partial charge in [0.05, 0.1) is 18.3 Å². The standard InChI is InChI=1S/C29H31N7O4/c1-18-5-7-21(8-6-18)40-29(38)22-15-20(16-30-27(22)39-4)23-9-10-24-25(34-23)26(32-17-31-24)33-19(2)28(37)36-13-11-35(3)12-14-36/h5-10,15-17,19H,11-14H2,1-4H3,(H,31,32,33)/t19-/m0/s1. The van der Waals surface area contributed by atoms with Crippen LogP contribution in [0.4, 0.5) is 5.82 Å². The number of rotatable bonds is 7. The van der Waals surface area contributed by atoms with Crippen LogP contribution in [0.2, 0.25) is 0 Å². The van der Waals surface area contributed by atoms with E-state index < -0.39 is 12.0 Å². The number of nitrogens with zero attached hydrogens (tertiary/aromatic N) is 6. The van der Waals surface area contributed by atoms with Gasteiger partial charge in [0.25, 0.3) is 0 Å². The lowest BCUT2D eigenvalue weighted by Crippen LogP contribution is -2.51. The topological polar surface area (TPSA) is 123 Å². The lowest BCUT2D eigenvalue weighted by atomic mass is 10.1. The van der Waals surface area contributed by atoms with Gasteiger partial charge in [-0.3, -0.25) is 4.79 Å². The van der Waals surface area contributed by atoms with E-state index in [9.17, 15) is 9.59 Å². The zero-order chi connectivity index (χ0) is 28.2. The third kappa shape index (κ3) is 5.84. The van der Waals surface area contributed by atoms with Crippen molar-refractivity contribution < 1.29 is 19.1 Å². The summed E-state index contributed by atoms with van der Waals surface area (Å²) in [6.45, 7) is 6.84. The number of piperazine rings is 1. The average molecular weight is 542 g/mol. The van der Waals surface area contributed by atoms with Crippen LogP contribution in [0.1, 0.15) is 22.8 Å². The van der Waals surface area contributed by atoms with Crippen molar-refractivity contribution in [2.75, 3.05) is 45.7 Å². The fourth-order valence-electron chi connectivity index (χ4n) is 4.44. The molecule has 1 aromatic carbocycles. The van der Waals surface area contributed by atoms with Crippen molar-refractivity contribution in [2.45, 2.75) is 19.9 Å². The number of benzene rings is 1. The number of likely N-dealkylation sites (N-methyl/N-ethyl adjacent to an activating group) is 1. The van der Waals surface area contributed by atoms with Crippen molar-refractivity contribution in [1.29, 1.82) is 0 Å². The number of aromatic nitrogens is 4. The van der Waals surface area contributed by atoms with Crippen LogP contribution < -0.4 is 14.8 Å². The highest BCUT2D eigenvalue weighted by Crippen LogP contribution is 2.27. The number of esters is 1. The number of pyridine rings is 2. The zero-order valence-corrected chi connectivity index (χ0v) is 22.9. The van der Waals surface area contributed by atoms with E-state index in [1.807, 2.05) is 44.0 Å². The third-order valence-corrected chi connectivity index (χ3v) is 6.81. The molecular formula is C29H31N7O4. The average Bonchev–Trinajstić information content (AvgIpc) is 2.98. The number of hydrogen-bond donors (Lipinski definition) is 1. The SMILES string of the molecule is COc1ncc(-c2ccc3ncnc(N[C@@H](C)C(=O)N4CCN(C)CC4)c3n2)cc1C(=O)Oc1ccc(C)cc1. The molecule has 0 aliphatic carbocycles. The predicted molar refractivity (Wildman–Crippen MR) is 150 cm³/mol. The Balaban J connectivity index is 1.41. The number of ether oxygens (including phenoxy) is 2. The Kier molecular flexibility index (Phi) is 7.83. The molecule has 1 saturated heterocycles. The largest absolute Gasteiger partial charge is 0.480 e. The Morgan fingerprint density at radius 1 is 1.00 bits per heavy atom.